The third kappa shape index (κ3) is 3.03. The van der Waals surface area contributed by atoms with Crippen molar-refractivity contribution in [2.24, 2.45) is 5.73 Å². The molecule has 0 saturated carbocycles. The third-order valence-electron chi connectivity index (χ3n) is 3.53. The lowest BCUT2D eigenvalue weighted by atomic mass is 10.2. The SMILES string of the molecule is NC(=O)c1ccc[n+](CC(=O)N2CC(=O)Nc3ccccc32)c1. The van der Waals surface area contributed by atoms with Gasteiger partial charge in [-0.3, -0.25) is 19.3 Å². The number of primary amides is 1. The molecule has 0 bridgehead atoms. The van der Waals surface area contributed by atoms with Crippen LogP contribution in [0.5, 0.6) is 0 Å². The van der Waals surface area contributed by atoms with Gasteiger partial charge in [0, 0.05) is 6.07 Å². The van der Waals surface area contributed by atoms with Gasteiger partial charge in [-0.25, -0.2) is 0 Å². The van der Waals surface area contributed by atoms with E-state index in [0.717, 1.165) is 0 Å². The van der Waals surface area contributed by atoms with Crippen molar-refractivity contribution in [1.82, 2.24) is 0 Å². The fraction of sp³-hybridized carbons (Fsp3) is 0.125. The van der Waals surface area contributed by atoms with Crippen molar-refractivity contribution in [1.29, 1.82) is 0 Å². The molecule has 0 saturated heterocycles. The minimum absolute atomic E-state index is 0.00271. The molecule has 1 aromatic heterocycles. The van der Waals surface area contributed by atoms with Crippen LogP contribution in [0.15, 0.2) is 48.8 Å². The van der Waals surface area contributed by atoms with Gasteiger partial charge in [0.15, 0.2) is 12.4 Å². The number of rotatable bonds is 3. The van der Waals surface area contributed by atoms with Gasteiger partial charge in [0.1, 0.15) is 12.1 Å². The third-order valence-corrected chi connectivity index (χ3v) is 3.53. The molecule has 7 nitrogen and oxygen atoms in total. The van der Waals surface area contributed by atoms with E-state index in [-0.39, 0.29) is 24.9 Å². The molecule has 1 aromatic carbocycles. The van der Waals surface area contributed by atoms with E-state index in [9.17, 15) is 14.4 Å². The molecule has 3 rings (SSSR count). The van der Waals surface area contributed by atoms with Crippen LogP contribution in [0.4, 0.5) is 11.4 Å². The molecule has 3 amide bonds. The number of carbonyl (C=O) groups is 3. The van der Waals surface area contributed by atoms with E-state index in [4.69, 9.17) is 5.73 Å². The molecule has 0 spiro atoms. The second-order valence-electron chi connectivity index (χ2n) is 5.17. The summed E-state index contributed by atoms with van der Waals surface area (Å²) in [6, 6.07) is 10.3. The van der Waals surface area contributed by atoms with Crippen LogP contribution in [-0.2, 0) is 16.1 Å². The van der Waals surface area contributed by atoms with E-state index in [2.05, 4.69) is 5.32 Å². The van der Waals surface area contributed by atoms with Crippen molar-refractivity contribution in [2.75, 3.05) is 16.8 Å². The molecule has 0 aliphatic carbocycles. The molecule has 2 heterocycles. The van der Waals surface area contributed by atoms with Crippen molar-refractivity contribution in [3.05, 3.63) is 54.4 Å². The van der Waals surface area contributed by atoms with E-state index in [0.29, 0.717) is 16.9 Å². The highest BCUT2D eigenvalue weighted by molar-refractivity contribution is 6.09. The Morgan fingerprint density at radius 3 is 2.78 bits per heavy atom. The van der Waals surface area contributed by atoms with Gasteiger partial charge in [-0.2, -0.15) is 4.57 Å². The molecule has 7 heteroatoms. The zero-order valence-electron chi connectivity index (χ0n) is 12.2. The van der Waals surface area contributed by atoms with Crippen molar-refractivity contribution >= 4 is 29.1 Å². The highest BCUT2D eigenvalue weighted by Crippen LogP contribution is 2.28. The summed E-state index contributed by atoms with van der Waals surface area (Å²) in [4.78, 5) is 37.0. The van der Waals surface area contributed by atoms with E-state index in [1.54, 1.807) is 47.2 Å². The summed E-state index contributed by atoms with van der Waals surface area (Å²) in [5.41, 5.74) is 6.81. The second-order valence-corrected chi connectivity index (χ2v) is 5.17. The molecule has 3 N–H and O–H groups in total. The molecule has 2 aromatic rings. The molecule has 0 unspecified atom stereocenters. The molecular formula is C16H15N4O3+. The summed E-state index contributed by atoms with van der Waals surface area (Å²) < 4.78 is 1.57. The summed E-state index contributed by atoms with van der Waals surface area (Å²) in [5.74, 6) is -1.05. The lowest BCUT2D eigenvalue weighted by Crippen LogP contribution is -2.49. The Morgan fingerprint density at radius 2 is 2.00 bits per heavy atom. The number of pyridine rings is 1. The molecule has 0 fully saturated rings. The first-order valence-corrected chi connectivity index (χ1v) is 7.03. The summed E-state index contributed by atoms with van der Waals surface area (Å²) in [5, 5.41) is 2.73. The Hall–Kier alpha value is -3.22. The maximum Gasteiger partial charge on any atom is 0.293 e. The average molecular weight is 311 g/mol. The van der Waals surface area contributed by atoms with Crippen LogP contribution in [0.3, 0.4) is 0 Å². The number of benzene rings is 1. The fourth-order valence-electron chi connectivity index (χ4n) is 2.46. The highest BCUT2D eigenvalue weighted by Gasteiger charge is 2.28. The Balaban J connectivity index is 1.85. The quantitative estimate of drug-likeness (QED) is 0.784. The number of aromatic nitrogens is 1. The van der Waals surface area contributed by atoms with E-state index >= 15 is 0 Å². The number of fused-ring (bicyclic) bond motifs is 1. The molecule has 116 valence electrons. The Labute approximate surface area is 132 Å². The Bertz CT molecular complexity index is 803. The van der Waals surface area contributed by atoms with Crippen molar-refractivity contribution in [3.8, 4) is 0 Å². The number of nitrogens with two attached hydrogens (primary N) is 1. The lowest BCUT2D eigenvalue weighted by molar-refractivity contribution is -0.684. The van der Waals surface area contributed by atoms with Crippen LogP contribution in [0.25, 0.3) is 0 Å². The molecule has 1 aliphatic heterocycles. The number of carbonyl (C=O) groups excluding carboxylic acids is 3. The Kier molecular flexibility index (Phi) is 3.76. The van der Waals surface area contributed by atoms with Crippen LogP contribution in [0.1, 0.15) is 10.4 Å². The van der Waals surface area contributed by atoms with E-state index < -0.39 is 5.91 Å². The number of para-hydroxylation sites is 2. The van der Waals surface area contributed by atoms with Gasteiger partial charge in [0.05, 0.1) is 11.4 Å². The van der Waals surface area contributed by atoms with Crippen LogP contribution in [0.2, 0.25) is 0 Å². The van der Waals surface area contributed by atoms with Gasteiger partial charge in [-0.15, -0.1) is 0 Å². The monoisotopic (exact) mass is 311 g/mol. The van der Waals surface area contributed by atoms with Crippen LogP contribution < -0.4 is 20.5 Å². The van der Waals surface area contributed by atoms with Crippen LogP contribution >= 0.6 is 0 Å². The minimum Gasteiger partial charge on any atom is -0.365 e. The standard InChI is InChI=1S/C16H14N4O3/c17-16(23)11-4-3-7-19(8-11)10-15(22)20-9-14(21)18-12-5-1-2-6-13(12)20/h1-8H,9-10H2,(H2-,17,18,21,23)/p+1. The lowest BCUT2D eigenvalue weighted by Gasteiger charge is -2.28. The van der Waals surface area contributed by atoms with Crippen LogP contribution in [-0.4, -0.2) is 24.3 Å². The van der Waals surface area contributed by atoms with Gasteiger partial charge >= 0.3 is 0 Å². The average Bonchev–Trinajstić information content (AvgIpc) is 2.54. The van der Waals surface area contributed by atoms with Gasteiger partial charge < -0.3 is 11.1 Å². The van der Waals surface area contributed by atoms with Crippen molar-refractivity contribution < 1.29 is 19.0 Å². The van der Waals surface area contributed by atoms with Gasteiger partial charge in [0.2, 0.25) is 12.5 Å². The first-order valence-electron chi connectivity index (χ1n) is 7.03. The second kappa shape index (κ2) is 5.88. The summed E-state index contributed by atoms with van der Waals surface area (Å²) >= 11 is 0. The molecule has 0 radical (unpaired) electrons. The minimum atomic E-state index is -0.561. The Morgan fingerprint density at radius 1 is 1.22 bits per heavy atom. The van der Waals surface area contributed by atoms with E-state index in [1.165, 1.54) is 11.1 Å². The smallest absolute Gasteiger partial charge is 0.293 e. The summed E-state index contributed by atoms with van der Waals surface area (Å²) in [6.45, 7) is -0.0331. The van der Waals surface area contributed by atoms with Crippen LogP contribution in [0, 0.1) is 0 Å². The van der Waals surface area contributed by atoms with Gasteiger partial charge in [-0.1, -0.05) is 12.1 Å². The first kappa shape index (κ1) is 14.7. The van der Waals surface area contributed by atoms with Crippen molar-refractivity contribution in [2.45, 2.75) is 6.54 Å². The summed E-state index contributed by atoms with van der Waals surface area (Å²) in [7, 11) is 0. The van der Waals surface area contributed by atoms with Crippen molar-refractivity contribution in [3.63, 3.8) is 0 Å². The normalized spacial score (nSPS) is 13.2. The van der Waals surface area contributed by atoms with Gasteiger partial charge in [0.25, 0.3) is 11.8 Å². The maximum atomic E-state index is 12.6. The largest absolute Gasteiger partial charge is 0.365 e. The number of hydrogen-bond acceptors (Lipinski definition) is 3. The molecule has 23 heavy (non-hydrogen) atoms. The molecule has 1 aliphatic rings. The zero-order valence-corrected chi connectivity index (χ0v) is 12.2. The fourth-order valence-corrected chi connectivity index (χ4v) is 2.46. The maximum absolute atomic E-state index is 12.6. The highest BCUT2D eigenvalue weighted by atomic mass is 16.2. The first-order chi connectivity index (χ1) is 11.0. The topological polar surface area (TPSA) is 96.4 Å². The van der Waals surface area contributed by atoms with Gasteiger partial charge in [-0.05, 0) is 18.2 Å². The zero-order chi connectivity index (χ0) is 16.4. The molecule has 0 atom stereocenters. The number of hydrogen-bond donors (Lipinski definition) is 2. The predicted octanol–water partition coefficient (Wildman–Crippen LogP) is 0.0583. The number of amides is 3. The summed E-state index contributed by atoms with van der Waals surface area (Å²) in [6.07, 6.45) is 3.18. The molecular weight excluding hydrogens is 296 g/mol. The van der Waals surface area contributed by atoms with E-state index in [1.807, 2.05) is 0 Å². The number of nitrogens with zero attached hydrogens (tertiary/aromatic N) is 2. The number of anilines is 2. The number of nitrogens with one attached hydrogen (secondary N) is 1. The predicted molar refractivity (Wildman–Crippen MR) is 82.6 cm³/mol.